The van der Waals surface area contributed by atoms with Crippen molar-refractivity contribution in [2.45, 2.75) is 6.54 Å². The fraction of sp³-hybridized carbons (Fsp3) is 0.333. The van der Waals surface area contributed by atoms with Crippen LogP contribution in [0.3, 0.4) is 0 Å². The SMILES string of the molecule is CN1CC(=O)N(Cc2ccc(N)cc2)CC1=O. The molecule has 2 amide bonds. The first-order valence-electron chi connectivity index (χ1n) is 5.42. The third kappa shape index (κ3) is 2.55. The molecule has 0 atom stereocenters. The van der Waals surface area contributed by atoms with E-state index in [9.17, 15) is 9.59 Å². The summed E-state index contributed by atoms with van der Waals surface area (Å²) in [5, 5.41) is 0. The molecule has 17 heavy (non-hydrogen) atoms. The molecule has 1 aliphatic rings. The molecule has 0 spiro atoms. The third-order valence-corrected chi connectivity index (χ3v) is 2.83. The van der Waals surface area contributed by atoms with Crippen LogP contribution in [0.25, 0.3) is 0 Å². The van der Waals surface area contributed by atoms with Crippen molar-refractivity contribution in [1.29, 1.82) is 0 Å². The normalized spacial score (nSPS) is 16.5. The standard InChI is InChI=1S/C12H15N3O2/c1-14-7-12(17)15(8-11(14)16)6-9-2-4-10(13)5-3-9/h2-5H,6-8,13H2,1H3. The molecular weight excluding hydrogens is 218 g/mol. The van der Waals surface area contributed by atoms with Crippen molar-refractivity contribution in [3.05, 3.63) is 29.8 Å². The van der Waals surface area contributed by atoms with Crippen LogP contribution in [0, 0.1) is 0 Å². The molecule has 0 aromatic heterocycles. The van der Waals surface area contributed by atoms with E-state index in [0.29, 0.717) is 12.2 Å². The number of benzene rings is 1. The highest BCUT2D eigenvalue weighted by Crippen LogP contribution is 2.11. The van der Waals surface area contributed by atoms with Crippen LogP contribution >= 0.6 is 0 Å². The number of carbonyl (C=O) groups excluding carboxylic acids is 2. The number of hydrogen-bond acceptors (Lipinski definition) is 3. The fourth-order valence-corrected chi connectivity index (χ4v) is 1.75. The number of nitrogens with two attached hydrogens (primary N) is 1. The Bertz CT molecular complexity index is 442. The monoisotopic (exact) mass is 233 g/mol. The number of hydrogen-bond donors (Lipinski definition) is 1. The van der Waals surface area contributed by atoms with Crippen LogP contribution in [0.5, 0.6) is 0 Å². The van der Waals surface area contributed by atoms with Gasteiger partial charge in [-0.1, -0.05) is 12.1 Å². The molecule has 5 heteroatoms. The highest BCUT2D eigenvalue weighted by Gasteiger charge is 2.27. The van der Waals surface area contributed by atoms with E-state index < -0.39 is 0 Å². The number of amides is 2. The van der Waals surface area contributed by atoms with E-state index >= 15 is 0 Å². The van der Waals surface area contributed by atoms with E-state index in [0.717, 1.165) is 5.56 Å². The lowest BCUT2D eigenvalue weighted by Crippen LogP contribution is -2.51. The van der Waals surface area contributed by atoms with Crippen molar-refractivity contribution in [2.75, 3.05) is 25.9 Å². The average molecular weight is 233 g/mol. The molecule has 5 nitrogen and oxygen atoms in total. The van der Waals surface area contributed by atoms with Crippen molar-refractivity contribution < 1.29 is 9.59 Å². The molecule has 90 valence electrons. The van der Waals surface area contributed by atoms with Crippen LogP contribution < -0.4 is 5.73 Å². The Morgan fingerprint density at radius 1 is 1.12 bits per heavy atom. The summed E-state index contributed by atoms with van der Waals surface area (Å²) in [7, 11) is 1.64. The number of likely N-dealkylation sites (N-methyl/N-ethyl adjacent to an activating group) is 1. The van der Waals surface area contributed by atoms with Crippen LogP contribution in [0.1, 0.15) is 5.56 Å². The molecule has 0 saturated carbocycles. The van der Waals surface area contributed by atoms with Gasteiger partial charge in [0.05, 0.1) is 6.54 Å². The maximum atomic E-state index is 11.7. The Morgan fingerprint density at radius 3 is 2.41 bits per heavy atom. The summed E-state index contributed by atoms with van der Waals surface area (Å²) in [4.78, 5) is 26.2. The van der Waals surface area contributed by atoms with Crippen molar-refractivity contribution >= 4 is 17.5 Å². The zero-order valence-corrected chi connectivity index (χ0v) is 9.72. The van der Waals surface area contributed by atoms with Crippen LogP contribution in [-0.2, 0) is 16.1 Å². The van der Waals surface area contributed by atoms with E-state index in [1.165, 1.54) is 4.90 Å². The van der Waals surface area contributed by atoms with Gasteiger partial charge in [-0.25, -0.2) is 0 Å². The summed E-state index contributed by atoms with van der Waals surface area (Å²) in [5.41, 5.74) is 7.25. The van der Waals surface area contributed by atoms with Gasteiger partial charge in [-0.15, -0.1) is 0 Å². The lowest BCUT2D eigenvalue weighted by molar-refractivity contribution is -0.149. The van der Waals surface area contributed by atoms with Gasteiger partial charge in [-0.3, -0.25) is 9.59 Å². The zero-order valence-electron chi connectivity index (χ0n) is 9.72. The van der Waals surface area contributed by atoms with E-state index in [2.05, 4.69) is 0 Å². The first-order valence-corrected chi connectivity index (χ1v) is 5.42. The molecule has 2 rings (SSSR count). The molecule has 1 saturated heterocycles. The summed E-state index contributed by atoms with van der Waals surface area (Å²) >= 11 is 0. The number of nitrogen functional groups attached to an aromatic ring is 1. The van der Waals surface area contributed by atoms with Crippen molar-refractivity contribution in [1.82, 2.24) is 9.80 Å². The van der Waals surface area contributed by atoms with Crippen molar-refractivity contribution in [2.24, 2.45) is 0 Å². The molecule has 1 aromatic carbocycles. The quantitative estimate of drug-likeness (QED) is 0.735. The Morgan fingerprint density at radius 2 is 1.76 bits per heavy atom. The smallest absolute Gasteiger partial charge is 0.242 e. The van der Waals surface area contributed by atoms with Gasteiger partial charge < -0.3 is 15.5 Å². The lowest BCUT2D eigenvalue weighted by atomic mass is 10.2. The van der Waals surface area contributed by atoms with Gasteiger partial charge in [-0.05, 0) is 17.7 Å². The molecule has 0 unspecified atom stereocenters. The predicted molar refractivity (Wildman–Crippen MR) is 63.9 cm³/mol. The topological polar surface area (TPSA) is 66.6 Å². The number of rotatable bonds is 2. The van der Waals surface area contributed by atoms with Crippen LogP contribution in [0.4, 0.5) is 5.69 Å². The summed E-state index contributed by atoms with van der Waals surface area (Å²) < 4.78 is 0. The van der Waals surface area contributed by atoms with E-state index in [-0.39, 0.29) is 24.9 Å². The van der Waals surface area contributed by atoms with Gasteiger partial charge in [0.15, 0.2) is 0 Å². The van der Waals surface area contributed by atoms with Gasteiger partial charge in [0.2, 0.25) is 11.8 Å². The summed E-state index contributed by atoms with van der Waals surface area (Å²) in [6.45, 7) is 0.770. The number of nitrogens with zero attached hydrogens (tertiary/aromatic N) is 2. The Kier molecular flexibility index (Phi) is 2.99. The summed E-state index contributed by atoms with van der Waals surface area (Å²) in [6, 6.07) is 7.31. The first kappa shape index (κ1) is 11.4. The Labute approximate surface area is 99.8 Å². The number of anilines is 1. The molecule has 0 bridgehead atoms. The maximum Gasteiger partial charge on any atom is 0.242 e. The van der Waals surface area contributed by atoms with E-state index in [1.807, 2.05) is 12.1 Å². The first-order chi connectivity index (χ1) is 8.06. The zero-order chi connectivity index (χ0) is 12.4. The average Bonchev–Trinajstić information content (AvgIpc) is 2.29. The minimum absolute atomic E-state index is 0.0241. The fourth-order valence-electron chi connectivity index (χ4n) is 1.75. The number of carbonyl (C=O) groups is 2. The van der Waals surface area contributed by atoms with Crippen LogP contribution in [0.15, 0.2) is 24.3 Å². The summed E-state index contributed by atoms with van der Waals surface area (Å²) in [5.74, 6) is -0.0519. The third-order valence-electron chi connectivity index (χ3n) is 2.83. The van der Waals surface area contributed by atoms with Crippen LogP contribution in [-0.4, -0.2) is 41.8 Å². The maximum absolute atomic E-state index is 11.7. The minimum atomic E-state index is -0.0277. The largest absolute Gasteiger partial charge is 0.399 e. The van der Waals surface area contributed by atoms with Gasteiger partial charge in [0.1, 0.15) is 6.54 Å². The molecule has 1 fully saturated rings. The lowest BCUT2D eigenvalue weighted by Gasteiger charge is -2.31. The van der Waals surface area contributed by atoms with Gasteiger partial charge in [0, 0.05) is 19.3 Å². The molecule has 1 aliphatic heterocycles. The van der Waals surface area contributed by atoms with Gasteiger partial charge in [-0.2, -0.15) is 0 Å². The van der Waals surface area contributed by atoms with E-state index in [4.69, 9.17) is 5.73 Å². The van der Waals surface area contributed by atoms with Crippen molar-refractivity contribution in [3.8, 4) is 0 Å². The highest BCUT2D eigenvalue weighted by molar-refractivity contribution is 5.92. The molecule has 1 aromatic rings. The second kappa shape index (κ2) is 4.45. The van der Waals surface area contributed by atoms with Crippen molar-refractivity contribution in [3.63, 3.8) is 0 Å². The summed E-state index contributed by atoms with van der Waals surface area (Å²) in [6.07, 6.45) is 0. The van der Waals surface area contributed by atoms with E-state index in [1.54, 1.807) is 24.1 Å². The Balaban J connectivity index is 2.06. The molecule has 1 heterocycles. The molecule has 0 radical (unpaired) electrons. The van der Waals surface area contributed by atoms with Gasteiger partial charge >= 0.3 is 0 Å². The second-order valence-electron chi connectivity index (χ2n) is 4.24. The molecule has 0 aliphatic carbocycles. The van der Waals surface area contributed by atoms with Crippen LogP contribution in [0.2, 0.25) is 0 Å². The predicted octanol–water partition coefficient (Wildman–Crippen LogP) is 0.0694. The minimum Gasteiger partial charge on any atom is -0.399 e. The molecular formula is C12H15N3O2. The second-order valence-corrected chi connectivity index (χ2v) is 4.24. The molecule has 2 N–H and O–H groups in total. The number of piperazine rings is 1. The Hall–Kier alpha value is -2.04. The van der Waals surface area contributed by atoms with Gasteiger partial charge in [0.25, 0.3) is 0 Å². The highest BCUT2D eigenvalue weighted by atomic mass is 16.2.